The normalized spacial score (nSPS) is 11.1. The minimum Gasteiger partial charge on any atom is -0.274 e. The molecule has 16 heavy (non-hydrogen) atoms. The summed E-state index contributed by atoms with van der Waals surface area (Å²) in [6.07, 6.45) is 1.93. The van der Waals surface area contributed by atoms with E-state index in [4.69, 9.17) is 0 Å². The van der Waals surface area contributed by atoms with Crippen molar-refractivity contribution in [1.82, 2.24) is 4.72 Å². The number of hydrogen-bond acceptors (Lipinski definition) is 3. The first kappa shape index (κ1) is 12.7. The van der Waals surface area contributed by atoms with Gasteiger partial charge in [-0.2, -0.15) is 0 Å². The average molecular weight is 241 g/mol. The van der Waals surface area contributed by atoms with Gasteiger partial charge in [0.2, 0.25) is 5.91 Å². The van der Waals surface area contributed by atoms with Gasteiger partial charge in [-0.1, -0.05) is 25.5 Å². The highest BCUT2D eigenvalue weighted by Crippen LogP contribution is 2.11. The van der Waals surface area contributed by atoms with Crippen molar-refractivity contribution in [3.8, 4) is 0 Å². The summed E-state index contributed by atoms with van der Waals surface area (Å²) in [5.41, 5.74) is 1.09. The van der Waals surface area contributed by atoms with E-state index in [0.29, 0.717) is 0 Å². The quantitative estimate of drug-likeness (QED) is 0.868. The Kier molecular flexibility index (Phi) is 4.06. The molecule has 0 atom stereocenters. The van der Waals surface area contributed by atoms with Crippen molar-refractivity contribution in [2.45, 2.75) is 31.6 Å². The van der Waals surface area contributed by atoms with E-state index >= 15 is 0 Å². The fourth-order valence-corrected chi connectivity index (χ4v) is 2.36. The fraction of sp³-hybridized carbons (Fsp3) is 0.364. The number of rotatable bonds is 4. The lowest BCUT2D eigenvalue weighted by atomic mass is 10.1. The summed E-state index contributed by atoms with van der Waals surface area (Å²) < 4.78 is 25.1. The van der Waals surface area contributed by atoms with E-state index in [9.17, 15) is 13.2 Å². The Hall–Kier alpha value is -1.36. The van der Waals surface area contributed by atoms with Gasteiger partial charge in [0.15, 0.2) is 0 Å². The van der Waals surface area contributed by atoms with Gasteiger partial charge in [-0.25, -0.2) is 13.1 Å². The van der Waals surface area contributed by atoms with Crippen LogP contribution in [-0.2, 0) is 21.2 Å². The molecule has 1 aromatic carbocycles. The van der Waals surface area contributed by atoms with Crippen molar-refractivity contribution >= 4 is 15.9 Å². The van der Waals surface area contributed by atoms with Gasteiger partial charge in [0.1, 0.15) is 0 Å². The number of carbonyl (C=O) groups is 1. The standard InChI is InChI=1S/C11H15NO3S/c1-3-4-10-5-7-11(8-6-10)16(14,15)12-9(2)13/h5-8H,3-4H2,1-2H3,(H,12,13). The topological polar surface area (TPSA) is 63.2 Å². The zero-order valence-corrected chi connectivity index (χ0v) is 10.2. The van der Waals surface area contributed by atoms with Gasteiger partial charge < -0.3 is 0 Å². The maximum absolute atomic E-state index is 11.6. The first-order chi connectivity index (χ1) is 7.45. The Morgan fingerprint density at radius 3 is 2.25 bits per heavy atom. The maximum Gasteiger partial charge on any atom is 0.264 e. The van der Waals surface area contributed by atoms with Crippen LogP contribution < -0.4 is 4.72 Å². The summed E-state index contributed by atoms with van der Waals surface area (Å²) in [6, 6.07) is 6.54. The molecule has 0 aliphatic carbocycles. The van der Waals surface area contributed by atoms with Crippen LogP contribution in [-0.4, -0.2) is 14.3 Å². The molecule has 0 fully saturated rings. The van der Waals surface area contributed by atoms with Crippen LogP contribution in [0, 0.1) is 0 Å². The molecule has 0 bridgehead atoms. The zero-order valence-electron chi connectivity index (χ0n) is 9.36. The summed E-state index contributed by atoms with van der Waals surface area (Å²) in [4.78, 5) is 10.8. The lowest BCUT2D eigenvalue weighted by Gasteiger charge is -2.05. The van der Waals surface area contributed by atoms with Gasteiger partial charge in [0, 0.05) is 6.92 Å². The number of amides is 1. The second kappa shape index (κ2) is 5.12. The van der Waals surface area contributed by atoms with Gasteiger partial charge in [0.05, 0.1) is 4.90 Å². The molecule has 0 heterocycles. The van der Waals surface area contributed by atoms with E-state index in [1.165, 1.54) is 19.1 Å². The van der Waals surface area contributed by atoms with Crippen molar-refractivity contribution < 1.29 is 13.2 Å². The number of benzene rings is 1. The molecule has 1 rings (SSSR count). The summed E-state index contributed by atoms with van der Waals surface area (Å²) in [7, 11) is -3.69. The third-order valence-electron chi connectivity index (χ3n) is 2.05. The van der Waals surface area contributed by atoms with Crippen molar-refractivity contribution in [3.05, 3.63) is 29.8 Å². The first-order valence-electron chi connectivity index (χ1n) is 5.08. The summed E-state index contributed by atoms with van der Waals surface area (Å²) in [5.74, 6) is -0.586. The Bertz CT molecular complexity index is 463. The molecule has 1 amide bonds. The highest BCUT2D eigenvalue weighted by Gasteiger charge is 2.14. The molecule has 0 spiro atoms. The molecule has 0 aromatic heterocycles. The monoisotopic (exact) mass is 241 g/mol. The molecule has 0 aliphatic heterocycles. The first-order valence-corrected chi connectivity index (χ1v) is 6.56. The van der Waals surface area contributed by atoms with Gasteiger partial charge >= 0.3 is 0 Å². The van der Waals surface area contributed by atoms with Crippen molar-refractivity contribution in [2.75, 3.05) is 0 Å². The van der Waals surface area contributed by atoms with E-state index in [-0.39, 0.29) is 4.90 Å². The van der Waals surface area contributed by atoms with Gasteiger partial charge in [-0.3, -0.25) is 4.79 Å². The molecule has 0 radical (unpaired) electrons. The number of hydrogen-bond donors (Lipinski definition) is 1. The number of nitrogens with one attached hydrogen (secondary N) is 1. The number of sulfonamides is 1. The number of aryl methyl sites for hydroxylation is 1. The average Bonchev–Trinajstić information content (AvgIpc) is 2.17. The van der Waals surface area contributed by atoms with Crippen molar-refractivity contribution in [2.24, 2.45) is 0 Å². The summed E-state index contributed by atoms with van der Waals surface area (Å²) in [6.45, 7) is 3.23. The minimum atomic E-state index is -3.69. The molecule has 0 aliphatic rings. The van der Waals surface area contributed by atoms with Gasteiger partial charge in [-0.15, -0.1) is 0 Å². The lowest BCUT2D eigenvalue weighted by Crippen LogP contribution is -2.28. The zero-order chi connectivity index (χ0) is 12.2. The van der Waals surface area contributed by atoms with Crippen LogP contribution in [0.1, 0.15) is 25.8 Å². The molecule has 0 unspecified atom stereocenters. The molecule has 0 saturated heterocycles. The predicted molar refractivity (Wildman–Crippen MR) is 61.4 cm³/mol. The van der Waals surface area contributed by atoms with Gasteiger partial charge in [0.25, 0.3) is 10.0 Å². The Balaban J connectivity index is 2.93. The maximum atomic E-state index is 11.6. The van der Waals surface area contributed by atoms with Crippen LogP contribution in [0.2, 0.25) is 0 Å². The van der Waals surface area contributed by atoms with Crippen molar-refractivity contribution in [3.63, 3.8) is 0 Å². The lowest BCUT2D eigenvalue weighted by molar-refractivity contribution is -0.117. The van der Waals surface area contributed by atoms with E-state index in [2.05, 4.69) is 6.92 Å². The largest absolute Gasteiger partial charge is 0.274 e. The van der Waals surface area contributed by atoms with Gasteiger partial charge in [-0.05, 0) is 24.1 Å². The van der Waals surface area contributed by atoms with E-state index in [0.717, 1.165) is 18.4 Å². The highest BCUT2D eigenvalue weighted by atomic mass is 32.2. The second-order valence-corrected chi connectivity index (χ2v) is 5.24. The van der Waals surface area contributed by atoms with Crippen molar-refractivity contribution in [1.29, 1.82) is 0 Å². The van der Waals surface area contributed by atoms with Crippen LogP contribution in [0.3, 0.4) is 0 Å². The van der Waals surface area contributed by atoms with Crippen LogP contribution in [0.25, 0.3) is 0 Å². The Labute approximate surface area is 95.7 Å². The summed E-state index contributed by atoms with van der Waals surface area (Å²) >= 11 is 0. The van der Waals surface area contributed by atoms with E-state index in [1.54, 1.807) is 12.1 Å². The molecule has 0 saturated carbocycles. The number of carbonyl (C=O) groups excluding carboxylic acids is 1. The Morgan fingerprint density at radius 1 is 1.25 bits per heavy atom. The second-order valence-electron chi connectivity index (χ2n) is 3.56. The predicted octanol–water partition coefficient (Wildman–Crippen LogP) is 1.46. The molecule has 4 nitrogen and oxygen atoms in total. The SMILES string of the molecule is CCCc1ccc(S(=O)(=O)NC(C)=O)cc1. The van der Waals surface area contributed by atoms with E-state index in [1.807, 2.05) is 4.72 Å². The molecule has 1 N–H and O–H groups in total. The third-order valence-corrected chi connectivity index (χ3v) is 3.50. The third kappa shape index (κ3) is 3.34. The fourth-order valence-electron chi connectivity index (χ4n) is 1.37. The van der Waals surface area contributed by atoms with E-state index < -0.39 is 15.9 Å². The Morgan fingerprint density at radius 2 is 1.81 bits per heavy atom. The highest BCUT2D eigenvalue weighted by molar-refractivity contribution is 7.90. The van der Waals surface area contributed by atoms with Crippen LogP contribution in [0.15, 0.2) is 29.2 Å². The van der Waals surface area contributed by atoms with Crippen LogP contribution in [0.5, 0.6) is 0 Å². The smallest absolute Gasteiger partial charge is 0.264 e. The molecule has 88 valence electrons. The minimum absolute atomic E-state index is 0.113. The molecule has 1 aromatic rings. The van der Waals surface area contributed by atoms with Crippen LogP contribution >= 0.6 is 0 Å². The van der Waals surface area contributed by atoms with Crippen LogP contribution in [0.4, 0.5) is 0 Å². The summed E-state index contributed by atoms with van der Waals surface area (Å²) in [5, 5.41) is 0. The molecular weight excluding hydrogens is 226 g/mol. The molecular formula is C11H15NO3S. The molecule has 5 heteroatoms.